The number of anilines is 1. The van der Waals surface area contributed by atoms with Crippen molar-refractivity contribution in [2.24, 2.45) is 0 Å². The van der Waals surface area contributed by atoms with Gasteiger partial charge in [-0.25, -0.2) is 9.78 Å². The Bertz CT molecular complexity index is 1330. The van der Waals surface area contributed by atoms with E-state index in [2.05, 4.69) is 20.6 Å². The molecule has 0 aliphatic carbocycles. The Hall–Kier alpha value is -4.08. The van der Waals surface area contributed by atoms with Crippen molar-refractivity contribution in [3.8, 4) is 16.9 Å². The maximum atomic E-state index is 13.6. The zero-order chi connectivity index (χ0) is 26.0. The molecule has 0 aliphatic heterocycles. The quantitative estimate of drug-likeness (QED) is 0.285. The number of thiazole rings is 1. The summed E-state index contributed by atoms with van der Waals surface area (Å²) in [6.45, 7) is 2.10. The number of hydrogen-bond acceptors (Lipinski definition) is 8. The smallest absolute Gasteiger partial charge is 0.343 e. The van der Waals surface area contributed by atoms with E-state index in [1.807, 2.05) is 66.9 Å². The van der Waals surface area contributed by atoms with Crippen molar-refractivity contribution < 1.29 is 19.1 Å². The summed E-state index contributed by atoms with van der Waals surface area (Å²) in [7, 11) is 1.30. The molecule has 0 fully saturated rings. The number of carbonyl (C=O) groups excluding carboxylic acids is 2. The Morgan fingerprint density at radius 2 is 1.84 bits per heavy atom. The number of nitrogens with zero attached hydrogens (tertiary/aromatic N) is 2. The van der Waals surface area contributed by atoms with Crippen LogP contribution < -0.4 is 15.4 Å². The lowest BCUT2D eigenvalue weighted by atomic mass is 10.0. The van der Waals surface area contributed by atoms with Gasteiger partial charge in [-0.2, -0.15) is 0 Å². The first-order valence-electron chi connectivity index (χ1n) is 11.7. The van der Waals surface area contributed by atoms with E-state index < -0.39 is 12.0 Å². The molecule has 1 unspecified atom stereocenters. The molecule has 0 bridgehead atoms. The van der Waals surface area contributed by atoms with Crippen LogP contribution in [0.1, 0.15) is 17.0 Å². The fourth-order valence-corrected chi connectivity index (χ4v) is 4.29. The summed E-state index contributed by atoms with van der Waals surface area (Å²) < 4.78 is 10.4. The van der Waals surface area contributed by atoms with Gasteiger partial charge in [-0.3, -0.25) is 15.1 Å². The number of aromatic nitrogens is 2. The number of carbonyl (C=O) groups is 2. The molecule has 2 aromatic carbocycles. The van der Waals surface area contributed by atoms with Crippen LogP contribution in [0, 0.1) is 6.92 Å². The number of nitrogens with one attached hydrogen (secondary N) is 2. The van der Waals surface area contributed by atoms with Gasteiger partial charge in [0.25, 0.3) is 0 Å². The molecule has 9 heteroatoms. The minimum Gasteiger partial charge on any atom is -0.480 e. The van der Waals surface area contributed by atoms with Crippen molar-refractivity contribution >= 4 is 28.9 Å². The van der Waals surface area contributed by atoms with Crippen LogP contribution in [0.5, 0.6) is 5.75 Å². The van der Waals surface area contributed by atoms with E-state index in [0.29, 0.717) is 24.4 Å². The lowest BCUT2D eigenvalue weighted by molar-refractivity contribution is -0.142. The first kappa shape index (κ1) is 26.0. The summed E-state index contributed by atoms with van der Waals surface area (Å²) in [5.41, 5.74) is 6.81. The first-order chi connectivity index (χ1) is 18.0. The Kier molecular flexibility index (Phi) is 8.96. The molecule has 1 atom stereocenters. The molecule has 190 valence electrons. The summed E-state index contributed by atoms with van der Waals surface area (Å²) >= 11 is 1.51. The van der Waals surface area contributed by atoms with Crippen LogP contribution in [0.3, 0.4) is 0 Å². The number of rotatable bonds is 11. The molecule has 4 aromatic rings. The third-order valence-electron chi connectivity index (χ3n) is 5.65. The standard InChI is InChI=1S/C28H28N4O4S/c1-19-12-22(10-11-29-19)21-8-9-26(36-16-27(33)35-2)24(14-21)32-28(34)25(13-20-6-4-3-5-7-20)30-15-23-17-37-18-31-23/h3-12,14,17-18,25,30H,13,15-16H2,1-2H3,(H,32,34). The van der Waals surface area contributed by atoms with Crippen molar-refractivity contribution in [1.82, 2.24) is 15.3 Å². The molecule has 0 radical (unpaired) electrons. The average Bonchev–Trinajstić information content (AvgIpc) is 3.44. The van der Waals surface area contributed by atoms with Crippen LogP contribution in [0.4, 0.5) is 5.69 Å². The van der Waals surface area contributed by atoms with E-state index in [9.17, 15) is 9.59 Å². The van der Waals surface area contributed by atoms with Gasteiger partial charge in [0.2, 0.25) is 5.91 Å². The van der Waals surface area contributed by atoms with Crippen molar-refractivity contribution in [1.29, 1.82) is 0 Å². The Morgan fingerprint density at radius 3 is 2.57 bits per heavy atom. The number of aryl methyl sites for hydroxylation is 1. The highest BCUT2D eigenvalue weighted by atomic mass is 32.1. The van der Waals surface area contributed by atoms with Gasteiger partial charge in [0.05, 0.1) is 30.0 Å². The Morgan fingerprint density at radius 1 is 1.03 bits per heavy atom. The molecule has 2 aromatic heterocycles. The Balaban J connectivity index is 1.60. The number of pyridine rings is 1. The van der Waals surface area contributed by atoms with E-state index in [1.54, 1.807) is 17.8 Å². The van der Waals surface area contributed by atoms with Crippen LogP contribution in [0.25, 0.3) is 11.1 Å². The summed E-state index contributed by atoms with van der Waals surface area (Å²) in [6, 6.07) is 18.6. The lowest BCUT2D eigenvalue weighted by Crippen LogP contribution is -2.42. The zero-order valence-electron chi connectivity index (χ0n) is 20.6. The fraction of sp³-hybridized carbons (Fsp3) is 0.214. The van der Waals surface area contributed by atoms with Gasteiger partial charge >= 0.3 is 5.97 Å². The molecule has 2 N–H and O–H groups in total. The van der Waals surface area contributed by atoms with Gasteiger partial charge in [-0.05, 0) is 54.3 Å². The number of methoxy groups -OCH3 is 1. The van der Waals surface area contributed by atoms with Gasteiger partial charge in [0.15, 0.2) is 6.61 Å². The van der Waals surface area contributed by atoms with E-state index >= 15 is 0 Å². The van der Waals surface area contributed by atoms with Gasteiger partial charge in [-0.1, -0.05) is 36.4 Å². The van der Waals surface area contributed by atoms with E-state index in [1.165, 1.54) is 18.4 Å². The van der Waals surface area contributed by atoms with Crippen molar-refractivity contribution in [3.63, 3.8) is 0 Å². The topological polar surface area (TPSA) is 102 Å². The van der Waals surface area contributed by atoms with Crippen LogP contribution in [0.2, 0.25) is 0 Å². The van der Waals surface area contributed by atoms with Crippen LogP contribution >= 0.6 is 11.3 Å². The van der Waals surface area contributed by atoms with Crippen molar-refractivity contribution in [2.45, 2.75) is 25.9 Å². The second-order valence-corrected chi connectivity index (χ2v) is 9.07. The summed E-state index contributed by atoms with van der Waals surface area (Å²) in [5, 5.41) is 8.30. The minimum absolute atomic E-state index is 0.231. The van der Waals surface area contributed by atoms with Gasteiger partial charge in [0, 0.05) is 23.8 Å². The largest absolute Gasteiger partial charge is 0.480 e. The van der Waals surface area contributed by atoms with Crippen molar-refractivity contribution in [3.05, 3.63) is 94.7 Å². The highest BCUT2D eigenvalue weighted by molar-refractivity contribution is 7.07. The highest BCUT2D eigenvalue weighted by Gasteiger charge is 2.21. The second-order valence-electron chi connectivity index (χ2n) is 8.35. The molecule has 0 spiro atoms. The number of esters is 1. The fourth-order valence-electron chi connectivity index (χ4n) is 3.73. The molecule has 37 heavy (non-hydrogen) atoms. The number of hydrogen-bond donors (Lipinski definition) is 2. The van der Waals surface area contributed by atoms with E-state index in [4.69, 9.17) is 9.47 Å². The third-order valence-corrected chi connectivity index (χ3v) is 6.29. The molecule has 1 amide bonds. The molecular formula is C28H28N4O4S. The molecule has 0 aliphatic rings. The van der Waals surface area contributed by atoms with Crippen LogP contribution in [0.15, 0.2) is 77.8 Å². The van der Waals surface area contributed by atoms with Crippen molar-refractivity contribution in [2.75, 3.05) is 19.0 Å². The minimum atomic E-state index is -0.538. The maximum absolute atomic E-state index is 13.6. The van der Waals surface area contributed by atoms with Gasteiger partial charge < -0.3 is 14.8 Å². The Labute approximate surface area is 219 Å². The summed E-state index contributed by atoms with van der Waals surface area (Å²) in [5.74, 6) is -0.380. The normalized spacial score (nSPS) is 11.5. The molecule has 4 rings (SSSR count). The number of ether oxygens (including phenoxy) is 2. The highest BCUT2D eigenvalue weighted by Crippen LogP contribution is 2.31. The molecular weight excluding hydrogens is 488 g/mol. The summed E-state index contributed by atoms with van der Waals surface area (Å²) in [4.78, 5) is 33.8. The van der Waals surface area contributed by atoms with E-state index in [-0.39, 0.29) is 12.5 Å². The summed E-state index contributed by atoms with van der Waals surface area (Å²) in [6.07, 6.45) is 2.22. The van der Waals surface area contributed by atoms with Gasteiger partial charge in [-0.15, -0.1) is 11.3 Å². The zero-order valence-corrected chi connectivity index (χ0v) is 21.5. The molecule has 8 nitrogen and oxygen atoms in total. The molecule has 0 saturated carbocycles. The third kappa shape index (κ3) is 7.45. The predicted octanol–water partition coefficient (Wildman–Crippen LogP) is 4.40. The number of amides is 1. The van der Waals surface area contributed by atoms with E-state index in [0.717, 1.165) is 28.1 Å². The predicted molar refractivity (Wildman–Crippen MR) is 143 cm³/mol. The number of benzene rings is 2. The lowest BCUT2D eigenvalue weighted by Gasteiger charge is -2.20. The SMILES string of the molecule is COC(=O)COc1ccc(-c2ccnc(C)c2)cc1NC(=O)C(Cc1ccccc1)NCc1cscn1. The average molecular weight is 517 g/mol. The maximum Gasteiger partial charge on any atom is 0.343 e. The molecule has 2 heterocycles. The molecule has 0 saturated heterocycles. The van der Waals surface area contributed by atoms with Crippen LogP contribution in [-0.2, 0) is 27.3 Å². The second kappa shape index (κ2) is 12.8. The monoisotopic (exact) mass is 516 g/mol. The first-order valence-corrected chi connectivity index (χ1v) is 12.7. The van der Waals surface area contributed by atoms with Gasteiger partial charge in [0.1, 0.15) is 5.75 Å². The van der Waals surface area contributed by atoms with Crippen LogP contribution in [-0.4, -0.2) is 41.6 Å².